The third-order valence-corrected chi connectivity index (χ3v) is 4.68. The van der Waals surface area contributed by atoms with Crippen LogP contribution in [0.3, 0.4) is 0 Å². The number of rotatable bonds is 4. The predicted octanol–water partition coefficient (Wildman–Crippen LogP) is 4.76. The number of fused-ring (bicyclic) bond motifs is 1. The summed E-state index contributed by atoms with van der Waals surface area (Å²) in [6.45, 7) is 0. The Balaban J connectivity index is 1.48. The highest BCUT2D eigenvalue weighted by Gasteiger charge is 2.10. The molecule has 0 fully saturated rings. The average molecular weight is 419 g/mol. The van der Waals surface area contributed by atoms with Gasteiger partial charge in [0.2, 0.25) is 0 Å². The van der Waals surface area contributed by atoms with Crippen LogP contribution in [-0.2, 0) is 0 Å². The van der Waals surface area contributed by atoms with Gasteiger partial charge in [0.25, 0.3) is 5.91 Å². The Kier molecular flexibility index (Phi) is 4.80. The molecule has 0 saturated heterocycles. The van der Waals surface area contributed by atoms with Crippen molar-refractivity contribution >= 4 is 38.8 Å². The van der Waals surface area contributed by atoms with Crippen molar-refractivity contribution in [2.45, 2.75) is 0 Å². The summed E-state index contributed by atoms with van der Waals surface area (Å²) in [5, 5.41) is 13.2. The van der Waals surface area contributed by atoms with Crippen LogP contribution in [0.25, 0.3) is 22.0 Å². The van der Waals surface area contributed by atoms with E-state index >= 15 is 0 Å². The summed E-state index contributed by atoms with van der Waals surface area (Å²) < 4.78 is 0.988. The number of hydrogen-bond acceptors (Lipinski definition) is 3. The number of H-pyrrole nitrogens is 1. The molecular weight excluding hydrogens is 404 g/mol. The van der Waals surface area contributed by atoms with Crippen LogP contribution in [0.4, 0.5) is 0 Å². The SMILES string of the molecule is O=C(NN=Cc1cccc2ccccc12)c1cc(-c2ccc(Br)cc2)n[nH]1. The maximum absolute atomic E-state index is 12.3. The largest absolute Gasteiger partial charge is 0.289 e. The molecule has 1 heterocycles. The van der Waals surface area contributed by atoms with Crippen LogP contribution in [0.5, 0.6) is 0 Å². The molecule has 0 aliphatic carbocycles. The molecule has 132 valence electrons. The third kappa shape index (κ3) is 3.80. The Labute approximate surface area is 164 Å². The van der Waals surface area contributed by atoms with Crippen LogP contribution < -0.4 is 5.43 Å². The standard InChI is InChI=1S/C21H15BrN4O/c22-17-10-8-15(9-11-17)19-12-20(25-24-19)21(27)26-23-13-16-6-3-5-14-4-1-2-7-18(14)16/h1-13H,(H,24,25)(H,26,27). The summed E-state index contributed by atoms with van der Waals surface area (Å²) in [6.07, 6.45) is 1.65. The zero-order chi connectivity index (χ0) is 18.6. The summed E-state index contributed by atoms with van der Waals surface area (Å²) in [6, 6.07) is 23.4. The lowest BCUT2D eigenvalue weighted by Gasteiger charge is -2.01. The first kappa shape index (κ1) is 17.2. The van der Waals surface area contributed by atoms with E-state index in [-0.39, 0.29) is 5.91 Å². The fraction of sp³-hybridized carbons (Fsp3) is 0. The van der Waals surface area contributed by atoms with E-state index in [4.69, 9.17) is 0 Å². The smallest absolute Gasteiger partial charge is 0.272 e. The first-order valence-corrected chi connectivity index (χ1v) is 9.12. The number of nitrogens with zero attached hydrogens (tertiary/aromatic N) is 2. The molecule has 5 nitrogen and oxygen atoms in total. The number of halogens is 1. The highest BCUT2D eigenvalue weighted by molar-refractivity contribution is 9.10. The topological polar surface area (TPSA) is 70.1 Å². The Morgan fingerprint density at radius 3 is 2.67 bits per heavy atom. The van der Waals surface area contributed by atoms with Gasteiger partial charge in [-0.05, 0) is 29.0 Å². The average Bonchev–Trinajstić information content (AvgIpc) is 3.19. The molecule has 4 rings (SSSR count). The van der Waals surface area contributed by atoms with Gasteiger partial charge in [-0.25, -0.2) is 5.43 Å². The van der Waals surface area contributed by atoms with Crippen LogP contribution >= 0.6 is 15.9 Å². The molecule has 2 N–H and O–H groups in total. The molecule has 6 heteroatoms. The number of carbonyl (C=O) groups excluding carboxylic acids is 1. The number of aromatic nitrogens is 2. The van der Waals surface area contributed by atoms with Gasteiger partial charge < -0.3 is 0 Å². The number of nitrogens with one attached hydrogen (secondary N) is 2. The van der Waals surface area contributed by atoms with Gasteiger partial charge in [0.15, 0.2) is 0 Å². The second-order valence-electron chi connectivity index (χ2n) is 5.94. The van der Waals surface area contributed by atoms with Crippen molar-refractivity contribution in [1.82, 2.24) is 15.6 Å². The Morgan fingerprint density at radius 1 is 1.04 bits per heavy atom. The number of carbonyl (C=O) groups is 1. The van der Waals surface area contributed by atoms with E-state index < -0.39 is 0 Å². The van der Waals surface area contributed by atoms with Gasteiger partial charge in [-0.1, -0.05) is 70.5 Å². The van der Waals surface area contributed by atoms with Gasteiger partial charge >= 0.3 is 0 Å². The molecule has 0 aliphatic rings. The zero-order valence-electron chi connectivity index (χ0n) is 14.2. The lowest BCUT2D eigenvalue weighted by molar-refractivity contribution is 0.0950. The van der Waals surface area contributed by atoms with Crippen molar-refractivity contribution in [3.8, 4) is 11.3 Å². The first-order valence-electron chi connectivity index (χ1n) is 8.33. The van der Waals surface area contributed by atoms with Crippen molar-refractivity contribution < 1.29 is 4.79 Å². The van der Waals surface area contributed by atoms with E-state index in [0.717, 1.165) is 26.4 Å². The fourth-order valence-electron chi connectivity index (χ4n) is 2.79. The molecule has 0 aliphatic heterocycles. The number of aromatic amines is 1. The van der Waals surface area contributed by atoms with Gasteiger partial charge in [0.1, 0.15) is 5.69 Å². The molecule has 0 unspecified atom stereocenters. The molecule has 1 aromatic heterocycles. The van der Waals surface area contributed by atoms with Crippen molar-refractivity contribution in [3.63, 3.8) is 0 Å². The molecule has 0 saturated carbocycles. The highest BCUT2D eigenvalue weighted by Crippen LogP contribution is 2.20. The molecule has 0 bridgehead atoms. The second-order valence-corrected chi connectivity index (χ2v) is 6.86. The van der Waals surface area contributed by atoms with Gasteiger partial charge in [-0.2, -0.15) is 10.2 Å². The van der Waals surface area contributed by atoms with E-state index in [9.17, 15) is 4.79 Å². The quantitative estimate of drug-likeness (QED) is 0.370. The predicted molar refractivity (Wildman–Crippen MR) is 111 cm³/mol. The van der Waals surface area contributed by atoms with Crippen molar-refractivity contribution in [3.05, 3.63) is 88.5 Å². The zero-order valence-corrected chi connectivity index (χ0v) is 15.8. The highest BCUT2D eigenvalue weighted by atomic mass is 79.9. The molecule has 4 aromatic rings. The van der Waals surface area contributed by atoms with Crippen LogP contribution in [0.1, 0.15) is 16.1 Å². The minimum Gasteiger partial charge on any atom is -0.272 e. The van der Waals surface area contributed by atoms with Gasteiger partial charge in [-0.15, -0.1) is 0 Å². The van der Waals surface area contributed by atoms with E-state index in [0.29, 0.717) is 11.4 Å². The summed E-state index contributed by atoms with van der Waals surface area (Å²) in [5.74, 6) is -0.345. The number of amides is 1. The van der Waals surface area contributed by atoms with Gasteiger partial charge in [0.05, 0.1) is 11.9 Å². The monoisotopic (exact) mass is 418 g/mol. The molecular formula is C21H15BrN4O. The van der Waals surface area contributed by atoms with E-state index in [1.54, 1.807) is 12.3 Å². The molecule has 27 heavy (non-hydrogen) atoms. The number of hydrazone groups is 1. The molecule has 0 spiro atoms. The van der Waals surface area contributed by atoms with Crippen molar-refractivity contribution in [2.24, 2.45) is 5.10 Å². The molecule has 0 radical (unpaired) electrons. The normalized spacial score (nSPS) is 11.1. The van der Waals surface area contributed by atoms with Crippen molar-refractivity contribution in [2.75, 3.05) is 0 Å². The first-order chi connectivity index (χ1) is 13.2. The summed E-state index contributed by atoms with van der Waals surface area (Å²) in [7, 11) is 0. The minimum absolute atomic E-state index is 0.345. The maximum atomic E-state index is 12.3. The lowest BCUT2D eigenvalue weighted by Crippen LogP contribution is -2.18. The fourth-order valence-corrected chi connectivity index (χ4v) is 3.05. The molecule has 0 atom stereocenters. The second kappa shape index (κ2) is 7.55. The molecule has 1 amide bonds. The van der Waals surface area contributed by atoms with E-state index in [1.807, 2.05) is 66.7 Å². The van der Waals surface area contributed by atoms with E-state index in [1.165, 1.54) is 0 Å². The van der Waals surface area contributed by atoms with Gasteiger partial charge in [0, 0.05) is 15.6 Å². The number of benzene rings is 3. The Hall–Kier alpha value is -3.25. The Bertz CT molecular complexity index is 1130. The van der Waals surface area contributed by atoms with E-state index in [2.05, 4.69) is 36.7 Å². The Morgan fingerprint density at radius 2 is 1.81 bits per heavy atom. The summed E-state index contributed by atoms with van der Waals surface area (Å²) in [4.78, 5) is 12.3. The van der Waals surface area contributed by atoms with Crippen LogP contribution in [0.15, 0.2) is 82.4 Å². The van der Waals surface area contributed by atoms with Crippen molar-refractivity contribution in [1.29, 1.82) is 0 Å². The molecule has 3 aromatic carbocycles. The lowest BCUT2D eigenvalue weighted by atomic mass is 10.1. The maximum Gasteiger partial charge on any atom is 0.289 e. The summed E-state index contributed by atoms with van der Waals surface area (Å²) >= 11 is 3.40. The third-order valence-electron chi connectivity index (χ3n) is 4.16. The summed E-state index contributed by atoms with van der Waals surface area (Å²) in [5.41, 5.74) is 5.45. The van der Waals surface area contributed by atoms with Crippen LogP contribution in [0, 0.1) is 0 Å². The van der Waals surface area contributed by atoms with Crippen LogP contribution in [0.2, 0.25) is 0 Å². The van der Waals surface area contributed by atoms with Gasteiger partial charge in [-0.3, -0.25) is 9.89 Å². The number of hydrogen-bond donors (Lipinski definition) is 2. The van der Waals surface area contributed by atoms with Crippen LogP contribution in [-0.4, -0.2) is 22.3 Å². The minimum atomic E-state index is -0.345.